The van der Waals surface area contributed by atoms with Gasteiger partial charge in [0.2, 0.25) is 0 Å². The Hall–Kier alpha value is -3.54. The normalized spacial score (nSPS) is 20.1. The van der Waals surface area contributed by atoms with Gasteiger partial charge >= 0.3 is 18.3 Å². The fourth-order valence-electron chi connectivity index (χ4n) is 4.98. The molecular formula is C30H39F3N4O5. The van der Waals surface area contributed by atoms with Gasteiger partial charge in [0.15, 0.2) is 0 Å². The summed E-state index contributed by atoms with van der Waals surface area (Å²) >= 11 is 0. The number of pyridine rings is 1. The van der Waals surface area contributed by atoms with E-state index in [0.29, 0.717) is 45.4 Å². The molecule has 12 heteroatoms. The lowest BCUT2D eigenvalue weighted by Gasteiger charge is -2.34. The van der Waals surface area contributed by atoms with Gasteiger partial charge in [-0.05, 0) is 82.3 Å². The van der Waals surface area contributed by atoms with Gasteiger partial charge in [-0.2, -0.15) is 13.2 Å². The van der Waals surface area contributed by atoms with E-state index in [1.807, 2.05) is 12.1 Å². The topological polar surface area (TPSA) is 102 Å². The monoisotopic (exact) mass is 592 g/mol. The molecule has 4 rings (SSSR count). The summed E-state index contributed by atoms with van der Waals surface area (Å²) in [4.78, 5) is 30.8. The third-order valence-corrected chi connectivity index (χ3v) is 7.19. The van der Waals surface area contributed by atoms with Crippen molar-refractivity contribution in [2.45, 2.75) is 95.9 Å². The molecule has 1 aliphatic carbocycles. The molecule has 1 saturated heterocycles. The van der Waals surface area contributed by atoms with Crippen LogP contribution in [0.4, 0.5) is 28.4 Å². The van der Waals surface area contributed by atoms with Crippen LogP contribution in [-0.2, 0) is 22.3 Å². The summed E-state index contributed by atoms with van der Waals surface area (Å²) in [5, 5.41) is 5.45. The van der Waals surface area contributed by atoms with Gasteiger partial charge in [-0.1, -0.05) is 0 Å². The average Bonchev–Trinajstić information content (AvgIpc) is 2.93. The van der Waals surface area contributed by atoms with E-state index in [1.165, 1.54) is 6.07 Å². The highest BCUT2D eigenvalue weighted by atomic mass is 19.4. The van der Waals surface area contributed by atoms with Crippen molar-refractivity contribution in [3.05, 3.63) is 53.9 Å². The van der Waals surface area contributed by atoms with Crippen LogP contribution in [0.5, 0.6) is 5.75 Å². The fraction of sp³-hybridized carbons (Fsp3) is 0.567. The van der Waals surface area contributed by atoms with Crippen LogP contribution in [0.3, 0.4) is 0 Å². The van der Waals surface area contributed by atoms with Crippen LogP contribution in [-0.4, -0.2) is 58.9 Å². The van der Waals surface area contributed by atoms with E-state index in [1.54, 1.807) is 38.1 Å². The van der Waals surface area contributed by atoms with Crippen molar-refractivity contribution in [1.29, 1.82) is 0 Å². The van der Waals surface area contributed by atoms with Crippen molar-refractivity contribution in [2.75, 3.05) is 18.4 Å². The maximum Gasteiger partial charge on any atom is 0.416 e. The molecule has 0 bridgehead atoms. The van der Waals surface area contributed by atoms with Crippen LogP contribution in [0.25, 0.3) is 0 Å². The second kappa shape index (κ2) is 13.6. The van der Waals surface area contributed by atoms with Crippen molar-refractivity contribution >= 4 is 17.8 Å². The number of benzene rings is 1. The number of carbonyl (C=O) groups excluding carboxylic acids is 2. The van der Waals surface area contributed by atoms with Gasteiger partial charge in [0.25, 0.3) is 0 Å². The van der Waals surface area contributed by atoms with Crippen LogP contribution >= 0.6 is 0 Å². The van der Waals surface area contributed by atoms with E-state index in [0.717, 1.165) is 30.5 Å². The molecule has 2 fully saturated rings. The minimum Gasteiger partial charge on any atom is -0.488 e. The zero-order valence-corrected chi connectivity index (χ0v) is 24.2. The first kappa shape index (κ1) is 31.4. The van der Waals surface area contributed by atoms with Gasteiger partial charge in [-0.15, -0.1) is 0 Å². The van der Waals surface area contributed by atoms with Crippen LogP contribution < -0.4 is 15.4 Å². The second-order valence-corrected chi connectivity index (χ2v) is 11.7. The molecule has 2 N–H and O–H groups in total. The van der Waals surface area contributed by atoms with Gasteiger partial charge in [-0.3, -0.25) is 4.98 Å². The van der Waals surface area contributed by atoms with Crippen LogP contribution in [0.15, 0.2) is 42.7 Å². The first-order chi connectivity index (χ1) is 19.9. The van der Waals surface area contributed by atoms with Crippen molar-refractivity contribution < 1.29 is 37.0 Å². The number of alkyl halides is 3. The van der Waals surface area contributed by atoms with Crippen molar-refractivity contribution in [1.82, 2.24) is 15.2 Å². The molecule has 0 radical (unpaired) electrons. The number of nitrogens with zero attached hydrogens (tertiary/aromatic N) is 2. The smallest absolute Gasteiger partial charge is 0.416 e. The third kappa shape index (κ3) is 9.50. The maximum absolute atomic E-state index is 13.5. The Balaban J connectivity index is 1.30. The Labute approximate surface area is 244 Å². The maximum atomic E-state index is 13.5. The van der Waals surface area contributed by atoms with Gasteiger partial charge in [0.05, 0.1) is 24.0 Å². The van der Waals surface area contributed by atoms with E-state index in [-0.39, 0.29) is 29.7 Å². The lowest BCUT2D eigenvalue weighted by atomic mass is 9.93. The van der Waals surface area contributed by atoms with Gasteiger partial charge in [0.1, 0.15) is 17.5 Å². The number of likely N-dealkylation sites (tertiary alicyclic amines) is 1. The zero-order valence-electron chi connectivity index (χ0n) is 24.2. The molecule has 1 aromatic heterocycles. The number of hydrogen-bond acceptors (Lipinski definition) is 6. The Morgan fingerprint density at radius 2 is 1.62 bits per heavy atom. The first-order valence-electron chi connectivity index (χ1n) is 14.3. The molecule has 9 nitrogen and oxygen atoms in total. The highest BCUT2D eigenvalue weighted by molar-refractivity contribution is 5.91. The zero-order chi connectivity index (χ0) is 30.3. The number of hydrogen-bond donors (Lipinski definition) is 2. The standard InChI is InChI=1S/C30H39F3N4O5/c1-29(2,3)42-28(39)37-16-12-24(13-17-37)41-26-9-4-21(30(31,32)33)18-25(26)36-27(38)35-22-5-7-23(8-6-22)40-19-20-10-14-34-15-11-20/h4,9-11,14-15,18,22-24H,5-8,12-13,16-17,19H2,1-3H3,(H2,35,36,38)/t22-,23-. The van der Waals surface area contributed by atoms with Crippen molar-refractivity contribution in [2.24, 2.45) is 0 Å². The minimum atomic E-state index is -4.58. The summed E-state index contributed by atoms with van der Waals surface area (Å²) in [6.45, 7) is 6.64. The van der Waals surface area contributed by atoms with E-state index >= 15 is 0 Å². The summed E-state index contributed by atoms with van der Waals surface area (Å²) in [7, 11) is 0. The molecule has 0 unspecified atom stereocenters. The molecule has 1 aliphatic heterocycles. The number of amides is 3. The number of piperidine rings is 1. The Morgan fingerprint density at radius 1 is 0.952 bits per heavy atom. The molecule has 0 atom stereocenters. The predicted octanol–water partition coefficient (Wildman–Crippen LogP) is 6.53. The van der Waals surface area contributed by atoms with Gasteiger partial charge in [-0.25, -0.2) is 9.59 Å². The van der Waals surface area contributed by atoms with Gasteiger partial charge < -0.3 is 29.7 Å². The van der Waals surface area contributed by atoms with E-state index in [2.05, 4.69) is 15.6 Å². The highest BCUT2D eigenvalue weighted by Gasteiger charge is 2.33. The number of carbonyl (C=O) groups is 2. The Morgan fingerprint density at radius 3 is 2.24 bits per heavy atom. The largest absolute Gasteiger partial charge is 0.488 e. The predicted molar refractivity (Wildman–Crippen MR) is 150 cm³/mol. The molecule has 1 saturated carbocycles. The molecule has 2 aliphatic rings. The molecule has 3 amide bonds. The number of ether oxygens (including phenoxy) is 3. The molecule has 42 heavy (non-hydrogen) atoms. The molecule has 2 aromatic rings. The summed E-state index contributed by atoms with van der Waals surface area (Å²) in [6.07, 6.45) is 2.01. The lowest BCUT2D eigenvalue weighted by Crippen LogP contribution is -2.44. The van der Waals surface area contributed by atoms with Crippen LogP contribution in [0.2, 0.25) is 0 Å². The molecular weight excluding hydrogens is 553 g/mol. The molecule has 1 aromatic carbocycles. The summed E-state index contributed by atoms with van der Waals surface area (Å²) < 4.78 is 57.9. The average molecular weight is 593 g/mol. The number of aromatic nitrogens is 1. The van der Waals surface area contributed by atoms with Crippen molar-refractivity contribution in [3.8, 4) is 5.75 Å². The summed E-state index contributed by atoms with van der Waals surface area (Å²) in [6, 6.07) is 6.12. The minimum absolute atomic E-state index is 0.0636. The number of rotatable bonds is 7. The number of anilines is 1. The first-order valence-corrected chi connectivity index (χ1v) is 14.3. The Bertz CT molecular complexity index is 1190. The summed E-state index contributed by atoms with van der Waals surface area (Å²) in [5.41, 5.74) is -0.528. The third-order valence-electron chi connectivity index (χ3n) is 7.19. The van der Waals surface area contributed by atoms with E-state index in [9.17, 15) is 22.8 Å². The van der Waals surface area contributed by atoms with Gasteiger partial charge in [0, 0.05) is 44.4 Å². The lowest BCUT2D eigenvalue weighted by molar-refractivity contribution is -0.137. The quantitative estimate of drug-likeness (QED) is 0.379. The number of nitrogens with one attached hydrogen (secondary N) is 2. The fourth-order valence-corrected chi connectivity index (χ4v) is 4.98. The van der Waals surface area contributed by atoms with Crippen LogP contribution in [0.1, 0.15) is 70.4 Å². The van der Waals surface area contributed by atoms with Crippen LogP contribution in [0, 0.1) is 0 Å². The van der Waals surface area contributed by atoms with E-state index < -0.39 is 29.5 Å². The Kier molecular flexibility index (Phi) is 10.2. The summed E-state index contributed by atoms with van der Waals surface area (Å²) in [5.74, 6) is 0.141. The molecule has 230 valence electrons. The van der Waals surface area contributed by atoms with E-state index in [4.69, 9.17) is 14.2 Å². The second-order valence-electron chi connectivity index (χ2n) is 11.7. The molecule has 2 heterocycles. The SMILES string of the molecule is CC(C)(C)OC(=O)N1CCC(Oc2ccc(C(F)(F)F)cc2NC(=O)N[C@H]2CC[C@H](OCc3ccncc3)CC2)CC1. The molecule has 0 spiro atoms. The number of halogens is 3. The highest BCUT2D eigenvalue weighted by Crippen LogP contribution is 2.36. The van der Waals surface area contributed by atoms with Crippen molar-refractivity contribution in [3.63, 3.8) is 0 Å². The number of urea groups is 1.